The summed E-state index contributed by atoms with van der Waals surface area (Å²) in [7, 11) is 0. The van der Waals surface area contributed by atoms with Crippen molar-refractivity contribution in [3.05, 3.63) is 39.4 Å². The third-order valence-corrected chi connectivity index (χ3v) is 2.33. The highest BCUT2D eigenvalue weighted by atomic mass is 19.1. The number of amides is 1. The van der Waals surface area contributed by atoms with Gasteiger partial charge < -0.3 is 10.4 Å². The number of carbonyl (C=O) groups is 1. The highest BCUT2D eigenvalue weighted by Crippen LogP contribution is 2.22. The molecule has 0 aromatic heterocycles. The molecule has 0 aliphatic carbocycles. The summed E-state index contributed by atoms with van der Waals surface area (Å²) in [5, 5.41) is 21.8. The maximum Gasteiger partial charge on any atom is 0.305 e. The van der Waals surface area contributed by atoms with Crippen LogP contribution in [0.25, 0.3) is 0 Å². The van der Waals surface area contributed by atoms with Crippen LogP contribution < -0.4 is 5.32 Å². The molecule has 0 aliphatic rings. The van der Waals surface area contributed by atoms with Gasteiger partial charge in [-0.3, -0.25) is 14.9 Å². The van der Waals surface area contributed by atoms with Crippen LogP contribution in [0, 0.1) is 21.7 Å². The second-order valence-electron chi connectivity index (χ2n) is 4.54. The molecule has 0 atom stereocenters. The number of halogens is 2. The lowest BCUT2D eigenvalue weighted by molar-refractivity contribution is -0.387. The van der Waals surface area contributed by atoms with Crippen molar-refractivity contribution in [2.24, 2.45) is 0 Å². The summed E-state index contributed by atoms with van der Waals surface area (Å²) in [6.45, 7) is 2.53. The second kappa shape index (κ2) is 5.27. The molecular weight excluding hydrogens is 262 g/mol. The van der Waals surface area contributed by atoms with Crippen molar-refractivity contribution in [3.63, 3.8) is 0 Å². The number of carbonyl (C=O) groups excluding carboxylic acids is 1. The molecule has 0 radical (unpaired) electrons. The van der Waals surface area contributed by atoms with Crippen molar-refractivity contribution < 1.29 is 23.6 Å². The smallest absolute Gasteiger partial charge is 0.305 e. The Morgan fingerprint density at radius 3 is 2.47 bits per heavy atom. The number of nitrogens with zero attached hydrogens (tertiary/aromatic N) is 1. The summed E-state index contributed by atoms with van der Waals surface area (Å²) in [5.41, 5.74) is -2.69. The number of hydrogen-bond donors (Lipinski definition) is 2. The predicted octanol–water partition coefficient (Wildman–Crippen LogP) is 1.37. The van der Waals surface area contributed by atoms with E-state index in [4.69, 9.17) is 5.11 Å². The van der Waals surface area contributed by atoms with Crippen molar-refractivity contribution >= 4 is 11.6 Å². The summed E-state index contributed by atoms with van der Waals surface area (Å²) in [5.74, 6) is -3.55. The summed E-state index contributed by atoms with van der Waals surface area (Å²) >= 11 is 0. The largest absolute Gasteiger partial charge is 0.394 e. The first-order valence-corrected chi connectivity index (χ1v) is 5.25. The van der Waals surface area contributed by atoms with E-state index in [2.05, 4.69) is 5.32 Å². The summed E-state index contributed by atoms with van der Waals surface area (Å²) in [4.78, 5) is 21.2. The minimum atomic E-state index is -1.36. The van der Waals surface area contributed by atoms with E-state index in [-0.39, 0.29) is 6.07 Å². The molecule has 0 heterocycles. The molecule has 0 aliphatic heterocycles. The fourth-order valence-corrected chi connectivity index (χ4v) is 1.27. The molecule has 8 heteroatoms. The van der Waals surface area contributed by atoms with Crippen molar-refractivity contribution in [1.82, 2.24) is 5.32 Å². The lowest BCUT2D eigenvalue weighted by Crippen LogP contribution is -2.46. The van der Waals surface area contributed by atoms with Gasteiger partial charge in [-0.05, 0) is 13.8 Å². The minimum Gasteiger partial charge on any atom is -0.394 e. The van der Waals surface area contributed by atoms with E-state index >= 15 is 0 Å². The predicted molar refractivity (Wildman–Crippen MR) is 61.6 cm³/mol. The molecule has 0 saturated heterocycles. The monoisotopic (exact) mass is 274 g/mol. The lowest BCUT2D eigenvalue weighted by Gasteiger charge is -2.23. The molecule has 0 spiro atoms. The van der Waals surface area contributed by atoms with Gasteiger partial charge in [-0.2, -0.15) is 4.39 Å². The first kappa shape index (κ1) is 15.0. The topological polar surface area (TPSA) is 92.5 Å². The molecule has 19 heavy (non-hydrogen) atoms. The highest BCUT2D eigenvalue weighted by Gasteiger charge is 2.26. The van der Waals surface area contributed by atoms with Gasteiger partial charge in [0, 0.05) is 12.1 Å². The Bertz CT molecular complexity index is 532. The molecule has 0 unspecified atom stereocenters. The van der Waals surface area contributed by atoms with Crippen LogP contribution >= 0.6 is 0 Å². The van der Waals surface area contributed by atoms with E-state index in [9.17, 15) is 23.7 Å². The molecule has 6 nitrogen and oxygen atoms in total. The molecular formula is C11H12F2N2O4. The van der Waals surface area contributed by atoms with Gasteiger partial charge in [0.2, 0.25) is 5.82 Å². The second-order valence-corrected chi connectivity index (χ2v) is 4.54. The van der Waals surface area contributed by atoms with Crippen LogP contribution in [0.4, 0.5) is 14.5 Å². The molecule has 1 rings (SSSR count). The Morgan fingerprint density at radius 2 is 2.00 bits per heavy atom. The highest BCUT2D eigenvalue weighted by molar-refractivity contribution is 5.95. The van der Waals surface area contributed by atoms with Crippen LogP contribution in [-0.4, -0.2) is 28.1 Å². The molecule has 1 aromatic carbocycles. The number of aliphatic hydroxyl groups excluding tert-OH is 1. The molecule has 0 bridgehead atoms. The van der Waals surface area contributed by atoms with Crippen LogP contribution in [0.3, 0.4) is 0 Å². The van der Waals surface area contributed by atoms with Gasteiger partial charge in [0.05, 0.1) is 22.6 Å². The van der Waals surface area contributed by atoms with Crippen LogP contribution in [0.15, 0.2) is 12.1 Å². The van der Waals surface area contributed by atoms with Gasteiger partial charge in [-0.1, -0.05) is 0 Å². The van der Waals surface area contributed by atoms with E-state index in [0.29, 0.717) is 6.07 Å². The van der Waals surface area contributed by atoms with Gasteiger partial charge in [0.15, 0.2) is 0 Å². The number of benzene rings is 1. The van der Waals surface area contributed by atoms with E-state index in [0.717, 1.165) is 0 Å². The third kappa shape index (κ3) is 3.44. The van der Waals surface area contributed by atoms with E-state index in [1.165, 1.54) is 13.8 Å². The summed E-state index contributed by atoms with van der Waals surface area (Å²) < 4.78 is 26.5. The number of rotatable bonds is 4. The molecule has 1 amide bonds. The van der Waals surface area contributed by atoms with Crippen LogP contribution in [0.1, 0.15) is 24.2 Å². The van der Waals surface area contributed by atoms with Crippen LogP contribution in [-0.2, 0) is 0 Å². The fourth-order valence-electron chi connectivity index (χ4n) is 1.27. The average molecular weight is 274 g/mol. The number of aliphatic hydroxyl groups is 1. The van der Waals surface area contributed by atoms with Crippen molar-refractivity contribution in [2.45, 2.75) is 19.4 Å². The minimum absolute atomic E-state index is 0.277. The van der Waals surface area contributed by atoms with Crippen LogP contribution in [0.2, 0.25) is 0 Å². The fraction of sp³-hybridized carbons (Fsp3) is 0.364. The molecule has 2 N–H and O–H groups in total. The molecule has 1 aromatic rings. The van der Waals surface area contributed by atoms with Gasteiger partial charge in [-0.25, -0.2) is 4.39 Å². The number of hydrogen-bond acceptors (Lipinski definition) is 4. The summed E-state index contributed by atoms with van der Waals surface area (Å²) in [6.07, 6.45) is 0. The Labute approximate surface area is 107 Å². The number of nitro benzene ring substituents is 1. The average Bonchev–Trinajstić information content (AvgIpc) is 2.27. The quantitative estimate of drug-likeness (QED) is 0.640. The number of nitro groups is 1. The lowest BCUT2D eigenvalue weighted by atomic mass is 10.1. The van der Waals surface area contributed by atoms with Crippen molar-refractivity contribution in [1.29, 1.82) is 0 Å². The van der Waals surface area contributed by atoms with Crippen molar-refractivity contribution in [2.75, 3.05) is 6.61 Å². The van der Waals surface area contributed by atoms with E-state index in [1.54, 1.807) is 0 Å². The zero-order valence-corrected chi connectivity index (χ0v) is 10.2. The zero-order chi connectivity index (χ0) is 14.8. The van der Waals surface area contributed by atoms with Crippen LogP contribution in [0.5, 0.6) is 0 Å². The number of nitrogens with one attached hydrogen (secondary N) is 1. The van der Waals surface area contributed by atoms with Gasteiger partial charge in [0.25, 0.3) is 5.91 Å². The molecule has 0 saturated carbocycles. The third-order valence-electron chi connectivity index (χ3n) is 2.33. The first-order valence-electron chi connectivity index (χ1n) is 5.25. The maximum absolute atomic E-state index is 13.4. The first-order chi connectivity index (χ1) is 8.68. The zero-order valence-electron chi connectivity index (χ0n) is 10.2. The van der Waals surface area contributed by atoms with Crippen molar-refractivity contribution in [3.8, 4) is 0 Å². The Balaban J connectivity index is 3.17. The SMILES string of the molecule is CC(C)(CO)NC(=O)c1cc([N+](=O)[O-])c(F)cc1F. The van der Waals surface area contributed by atoms with Gasteiger partial charge in [-0.15, -0.1) is 0 Å². The molecule has 104 valence electrons. The maximum atomic E-state index is 13.4. The van der Waals surface area contributed by atoms with Gasteiger partial charge in [0.1, 0.15) is 5.82 Å². The standard InChI is InChI=1S/C11H12F2N2O4/c1-11(2,5-16)14-10(17)6-3-9(15(18)19)8(13)4-7(6)12/h3-4,16H,5H2,1-2H3,(H,14,17). The van der Waals surface area contributed by atoms with E-state index in [1.807, 2.05) is 0 Å². The Morgan fingerprint density at radius 1 is 1.42 bits per heavy atom. The summed E-state index contributed by atoms with van der Waals surface area (Å²) in [6, 6.07) is 0.798. The normalized spacial score (nSPS) is 11.2. The van der Waals surface area contributed by atoms with Gasteiger partial charge >= 0.3 is 5.69 Å². The Hall–Kier alpha value is -2.09. The molecule has 0 fully saturated rings. The van der Waals surface area contributed by atoms with E-state index < -0.39 is 45.9 Å². The Kier molecular flexibility index (Phi) is 4.15.